The summed E-state index contributed by atoms with van der Waals surface area (Å²) < 4.78 is 1.81. The third-order valence-corrected chi connectivity index (χ3v) is 4.57. The fourth-order valence-electron chi connectivity index (χ4n) is 3.33. The van der Waals surface area contributed by atoms with Crippen molar-refractivity contribution in [3.05, 3.63) is 41.1 Å². The molecule has 1 aliphatic rings. The summed E-state index contributed by atoms with van der Waals surface area (Å²) in [5, 5.41) is 7.39. The van der Waals surface area contributed by atoms with Crippen LogP contribution >= 0.6 is 0 Å². The molecule has 0 radical (unpaired) electrons. The van der Waals surface area contributed by atoms with Crippen molar-refractivity contribution in [2.45, 2.75) is 53.1 Å². The molecule has 0 fully saturated rings. The zero-order chi connectivity index (χ0) is 18.1. The van der Waals surface area contributed by atoms with E-state index in [1.807, 2.05) is 56.6 Å². The molecule has 132 valence electrons. The van der Waals surface area contributed by atoms with Crippen LogP contribution in [0.1, 0.15) is 36.6 Å². The quantitative estimate of drug-likeness (QED) is 0.930. The summed E-state index contributed by atoms with van der Waals surface area (Å²) in [4.78, 5) is 27.0. The molecule has 0 aliphatic carbocycles. The number of nitrogens with zero attached hydrogens (tertiary/aromatic N) is 3. The van der Waals surface area contributed by atoms with E-state index in [0.717, 1.165) is 22.5 Å². The molecule has 0 spiro atoms. The molecule has 0 saturated carbocycles. The molecule has 6 nitrogen and oxygen atoms in total. The standard InChI is InChI=1S/C19H24N4O2/c1-5-16(19(25)20-15-7-6-12(2)10-13(15)3)23-17-11-14(4)21-22(17)9-8-18(23)24/h6-7,10-11,16H,5,8-9H2,1-4H3,(H,20,25)/t16-/m1/s1. The molecule has 6 heteroatoms. The van der Waals surface area contributed by atoms with E-state index in [9.17, 15) is 9.59 Å². The molecule has 2 aromatic rings. The van der Waals surface area contributed by atoms with Crippen molar-refractivity contribution in [1.82, 2.24) is 9.78 Å². The SMILES string of the molecule is CC[C@H](C(=O)Nc1ccc(C)cc1C)N1C(=O)CCn2nc(C)cc21. The number of hydrogen-bond donors (Lipinski definition) is 1. The Morgan fingerprint density at radius 1 is 1.28 bits per heavy atom. The van der Waals surface area contributed by atoms with Gasteiger partial charge < -0.3 is 5.32 Å². The van der Waals surface area contributed by atoms with Crippen LogP contribution in [0.4, 0.5) is 11.5 Å². The zero-order valence-corrected chi connectivity index (χ0v) is 15.2. The summed E-state index contributed by atoms with van der Waals surface area (Å²) in [7, 11) is 0. The van der Waals surface area contributed by atoms with Gasteiger partial charge in [0, 0.05) is 18.2 Å². The van der Waals surface area contributed by atoms with Crippen LogP contribution < -0.4 is 10.2 Å². The van der Waals surface area contributed by atoms with E-state index in [-0.39, 0.29) is 11.8 Å². The van der Waals surface area contributed by atoms with Crippen LogP contribution in [0.3, 0.4) is 0 Å². The highest BCUT2D eigenvalue weighted by Gasteiger charge is 2.34. The van der Waals surface area contributed by atoms with Crippen LogP contribution in [0.2, 0.25) is 0 Å². The van der Waals surface area contributed by atoms with Gasteiger partial charge >= 0.3 is 0 Å². The average molecular weight is 340 g/mol. The Morgan fingerprint density at radius 2 is 2.04 bits per heavy atom. The minimum atomic E-state index is -0.552. The first-order valence-corrected chi connectivity index (χ1v) is 8.65. The predicted octanol–water partition coefficient (Wildman–Crippen LogP) is 2.96. The number of aryl methyl sites for hydroxylation is 4. The highest BCUT2D eigenvalue weighted by molar-refractivity contribution is 6.05. The molecule has 0 saturated heterocycles. The molecule has 0 unspecified atom stereocenters. The van der Waals surface area contributed by atoms with E-state index in [2.05, 4.69) is 10.4 Å². The summed E-state index contributed by atoms with van der Waals surface area (Å²) in [5.41, 5.74) is 3.78. The highest BCUT2D eigenvalue weighted by atomic mass is 16.2. The number of carbonyl (C=O) groups excluding carboxylic acids is 2. The second-order valence-electron chi connectivity index (χ2n) is 6.61. The Balaban J connectivity index is 1.88. The minimum absolute atomic E-state index is 0.0324. The highest BCUT2D eigenvalue weighted by Crippen LogP contribution is 2.27. The minimum Gasteiger partial charge on any atom is -0.324 e. The molecule has 1 aliphatic heterocycles. The molecule has 1 aromatic carbocycles. The molecule has 3 rings (SSSR count). The second kappa shape index (κ2) is 6.70. The predicted molar refractivity (Wildman–Crippen MR) is 97.7 cm³/mol. The first-order valence-electron chi connectivity index (χ1n) is 8.65. The van der Waals surface area contributed by atoms with E-state index in [1.165, 1.54) is 0 Å². The van der Waals surface area contributed by atoms with Crippen LogP contribution in [0.15, 0.2) is 24.3 Å². The van der Waals surface area contributed by atoms with Gasteiger partial charge in [-0.05, 0) is 38.8 Å². The lowest BCUT2D eigenvalue weighted by Crippen LogP contribution is -2.50. The van der Waals surface area contributed by atoms with Crippen molar-refractivity contribution < 1.29 is 9.59 Å². The molecule has 1 N–H and O–H groups in total. The van der Waals surface area contributed by atoms with Gasteiger partial charge in [0.2, 0.25) is 11.8 Å². The van der Waals surface area contributed by atoms with E-state index in [4.69, 9.17) is 0 Å². The Kier molecular flexibility index (Phi) is 4.61. The number of rotatable bonds is 4. The third-order valence-electron chi connectivity index (χ3n) is 4.57. The fraction of sp³-hybridized carbons (Fsp3) is 0.421. The molecule has 2 heterocycles. The Bertz CT molecular complexity index is 825. The lowest BCUT2D eigenvalue weighted by molar-refractivity contribution is -0.124. The number of benzene rings is 1. The average Bonchev–Trinajstić information content (AvgIpc) is 2.93. The number of amides is 2. The van der Waals surface area contributed by atoms with Crippen LogP contribution in [-0.2, 0) is 16.1 Å². The molecule has 1 atom stereocenters. The summed E-state index contributed by atoms with van der Waals surface area (Å²) in [6.07, 6.45) is 0.897. The molecule has 0 bridgehead atoms. The first kappa shape index (κ1) is 17.2. The van der Waals surface area contributed by atoms with Crippen molar-refractivity contribution in [3.63, 3.8) is 0 Å². The molecule has 1 aromatic heterocycles. The summed E-state index contributed by atoms with van der Waals surface area (Å²) in [5.74, 6) is 0.501. The van der Waals surface area contributed by atoms with Crippen molar-refractivity contribution in [2.24, 2.45) is 0 Å². The smallest absolute Gasteiger partial charge is 0.247 e. The Morgan fingerprint density at radius 3 is 2.72 bits per heavy atom. The van der Waals surface area contributed by atoms with Crippen molar-refractivity contribution in [1.29, 1.82) is 0 Å². The van der Waals surface area contributed by atoms with Crippen LogP contribution in [0.5, 0.6) is 0 Å². The van der Waals surface area contributed by atoms with Crippen molar-refractivity contribution in [2.75, 3.05) is 10.2 Å². The number of carbonyl (C=O) groups is 2. The lowest BCUT2D eigenvalue weighted by atomic mass is 10.1. The maximum absolute atomic E-state index is 12.9. The van der Waals surface area contributed by atoms with E-state index in [0.29, 0.717) is 25.2 Å². The second-order valence-corrected chi connectivity index (χ2v) is 6.61. The lowest BCUT2D eigenvalue weighted by Gasteiger charge is -2.33. The van der Waals surface area contributed by atoms with Crippen LogP contribution in [0.25, 0.3) is 0 Å². The largest absolute Gasteiger partial charge is 0.324 e. The Hall–Kier alpha value is -2.63. The van der Waals surface area contributed by atoms with Crippen LogP contribution in [-0.4, -0.2) is 27.6 Å². The first-order chi connectivity index (χ1) is 11.9. The Labute approximate surface area is 147 Å². The van der Waals surface area contributed by atoms with Gasteiger partial charge in [-0.1, -0.05) is 24.6 Å². The maximum Gasteiger partial charge on any atom is 0.247 e. The van der Waals surface area contributed by atoms with Gasteiger partial charge in [0.25, 0.3) is 0 Å². The zero-order valence-electron chi connectivity index (χ0n) is 15.2. The van der Waals surface area contributed by atoms with Gasteiger partial charge in [-0.3, -0.25) is 14.5 Å². The van der Waals surface area contributed by atoms with Gasteiger partial charge in [0.15, 0.2) is 0 Å². The molecule has 25 heavy (non-hydrogen) atoms. The van der Waals surface area contributed by atoms with Crippen LogP contribution in [0, 0.1) is 20.8 Å². The molecule has 2 amide bonds. The third kappa shape index (κ3) is 3.29. The number of fused-ring (bicyclic) bond motifs is 1. The number of nitrogens with one attached hydrogen (secondary N) is 1. The number of hydrogen-bond acceptors (Lipinski definition) is 3. The van der Waals surface area contributed by atoms with E-state index >= 15 is 0 Å². The van der Waals surface area contributed by atoms with Gasteiger partial charge in [-0.2, -0.15) is 5.10 Å². The van der Waals surface area contributed by atoms with Gasteiger partial charge in [0.1, 0.15) is 11.9 Å². The van der Waals surface area contributed by atoms with Crippen molar-refractivity contribution in [3.8, 4) is 0 Å². The maximum atomic E-state index is 12.9. The summed E-state index contributed by atoms with van der Waals surface area (Å²) >= 11 is 0. The van der Waals surface area contributed by atoms with Gasteiger partial charge in [0.05, 0.1) is 12.2 Å². The van der Waals surface area contributed by atoms with E-state index < -0.39 is 6.04 Å². The topological polar surface area (TPSA) is 67.2 Å². The number of anilines is 2. The van der Waals surface area contributed by atoms with Gasteiger partial charge in [-0.15, -0.1) is 0 Å². The van der Waals surface area contributed by atoms with E-state index in [1.54, 1.807) is 4.90 Å². The van der Waals surface area contributed by atoms with Gasteiger partial charge in [-0.25, -0.2) is 4.68 Å². The monoisotopic (exact) mass is 340 g/mol. The van der Waals surface area contributed by atoms with Crippen molar-refractivity contribution >= 4 is 23.3 Å². The summed E-state index contributed by atoms with van der Waals surface area (Å²) in [6, 6.07) is 7.21. The molecular weight excluding hydrogens is 316 g/mol. The molecular formula is C19H24N4O2. The summed E-state index contributed by atoms with van der Waals surface area (Å²) in [6.45, 7) is 8.36. The normalized spacial score (nSPS) is 15.0. The fourth-order valence-corrected chi connectivity index (χ4v) is 3.33. The number of aromatic nitrogens is 2.